The quantitative estimate of drug-likeness (QED) is 0.748. The number of ketones is 1. The number of carbonyl (C=O) groups is 1. The third kappa shape index (κ3) is 2.91. The molecule has 0 fully saturated rings. The second-order valence-electron chi connectivity index (χ2n) is 3.15. The van der Waals surface area contributed by atoms with Crippen LogP contribution in [0.1, 0.15) is 36.5 Å². The molecule has 0 amide bonds. The van der Waals surface area contributed by atoms with Crippen LogP contribution in [0.4, 0.5) is 4.39 Å². The molecule has 1 nitrogen and oxygen atoms in total. The van der Waals surface area contributed by atoms with Gasteiger partial charge < -0.3 is 0 Å². The number of hydrogen-bond acceptors (Lipinski definition) is 1. The molecule has 14 heavy (non-hydrogen) atoms. The maximum absolute atomic E-state index is 12.7. The number of benzene rings is 1. The summed E-state index contributed by atoms with van der Waals surface area (Å²) in [6, 6.07) is 4.15. The lowest BCUT2D eigenvalue weighted by atomic mass is 10.1. The highest BCUT2D eigenvalue weighted by Crippen LogP contribution is 2.20. The van der Waals surface area contributed by atoms with Crippen molar-refractivity contribution in [1.82, 2.24) is 0 Å². The maximum atomic E-state index is 12.7. The third-order valence-corrected chi connectivity index (χ3v) is 2.65. The fourth-order valence-corrected chi connectivity index (χ4v) is 1.76. The molecule has 76 valence electrons. The number of halogens is 2. The Kier molecular flexibility index (Phi) is 4.26. The van der Waals surface area contributed by atoms with Crippen molar-refractivity contribution in [2.75, 3.05) is 0 Å². The van der Waals surface area contributed by atoms with Gasteiger partial charge >= 0.3 is 0 Å². The van der Waals surface area contributed by atoms with Crippen LogP contribution in [-0.4, -0.2) is 5.78 Å². The van der Waals surface area contributed by atoms with Crippen molar-refractivity contribution in [2.45, 2.75) is 26.2 Å². The predicted octanol–water partition coefficient (Wildman–Crippen LogP) is 3.96. The van der Waals surface area contributed by atoms with Crippen LogP contribution in [0.25, 0.3) is 0 Å². The van der Waals surface area contributed by atoms with Gasteiger partial charge in [0.25, 0.3) is 0 Å². The number of Topliss-reactive ketones (excluding diaryl/α,β-unsaturated/α-hetero) is 1. The lowest BCUT2D eigenvalue weighted by Gasteiger charge is -2.02. The van der Waals surface area contributed by atoms with Gasteiger partial charge in [-0.2, -0.15) is 0 Å². The van der Waals surface area contributed by atoms with E-state index in [9.17, 15) is 9.18 Å². The first-order valence-electron chi connectivity index (χ1n) is 4.63. The molecular weight excluding hydrogens is 247 g/mol. The fourth-order valence-electron chi connectivity index (χ4n) is 1.19. The van der Waals surface area contributed by atoms with Crippen LogP contribution in [-0.2, 0) is 0 Å². The first-order valence-corrected chi connectivity index (χ1v) is 5.42. The molecule has 1 rings (SSSR count). The van der Waals surface area contributed by atoms with Gasteiger partial charge in [-0.3, -0.25) is 4.79 Å². The Balaban J connectivity index is 2.80. The average Bonchev–Trinajstić information content (AvgIpc) is 2.14. The Morgan fingerprint density at radius 3 is 2.79 bits per heavy atom. The second kappa shape index (κ2) is 5.25. The van der Waals surface area contributed by atoms with Crippen molar-refractivity contribution in [3.8, 4) is 0 Å². The summed E-state index contributed by atoms with van der Waals surface area (Å²) in [5.41, 5.74) is 0.569. The van der Waals surface area contributed by atoms with E-state index in [1.165, 1.54) is 18.2 Å². The van der Waals surface area contributed by atoms with Crippen LogP contribution in [0, 0.1) is 5.82 Å². The molecule has 0 bridgehead atoms. The van der Waals surface area contributed by atoms with E-state index in [0.29, 0.717) is 16.5 Å². The lowest BCUT2D eigenvalue weighted by Crippen LogP contribution is -2.00. The van der Waals surface area contributed by atoms with Crippen LogP contribution < -0.4 is 0 Å². The Morgan fingerprint density at radius 2 is 2.21 bits per heavy atom. The molecule has 0 spiro atoms. The van der Waals surface area contributed by atoms with Gasteiger partial charge in [-0.15, -0.1) is 0 Å². The standard InChI is InChI=1S/C11H12BrFO/c1-2-3-4-11(14)9-6-5-8(13)7-10(9)12/h5-7H,2-4H2,1H3. The van der Waals surface area contributed by atoms with Crippen LogP contribution in [0.2, 0.25) is 0 Å². The second-order valence-corrected chi connectivity index (χ2v) is 4.01. The summed E-state index contributed by atoms with van der Waals surface area (Å²) in [6.07, 6.45) is 2.40. The van der Waals surface area contributed by atoms with Gasteiger partial charge in [-0.25, -0.2) is 4.39 Å². The van der Waals surface area contributed by atoms with Crippen LogP contribution >= 0.6 is 15.9 Å². The summed E-state index contributed by atoms with van der Waals surface area (Å²) in [6.45, 7) is 2.03. The van der Waals surface area contributed by atoms with E-state index in [4.69, 9.17) is 0 Å². The molecule has 0 aliphatic rings. The minimum Gasteiger partial charge on any atom is -0.294 e. The fraction of sp³-hybridized carbons (Fsp3) is 0.364. The Labute approximate surface area is 91.5 Å². The molecule has 0 saturated carbocycles. The van der Waals surface area contributed by atoms with Gasteiger partial charge in [0.15, 0.2) is 5.78 Å². The highest BCUT2D eigenvalue weighted by molar-refractivity contribution is 9.10. The molecule has 0 aliphatic carbocycles. The summed E-state index contributed by atoms with van der Waals surface area (Å²) < 4.78 is 13.3. The molecular formula is C11H12BrFO. The smallest absolute Gasteiger partial charge is 0.164 e. The van der Waals surface area contributed by atoms with Crippen LogP contribution in [0.5, 0.6) is 0 Å². The van der Waals surface area contributed by atoms with E-state index < -0.39 is 0 Å². The highest BCUT2D eigenvalue weighted by atomic mass is 79.9. The zero-order chi connectivity index (χ0) is 10.6. The summed E-state index contributed by atoms with van der Waals surface area (Å²) in [4.78, 5) is 11.6. The summed E-state index contributed by atoms with van der Waals surface area (Å²) in [5, 5.41) is 0. The maximum Gasteiger partial charge on any atom is 0.164 e. The van der Waals surface area contributed by atoms with Gasteiger partial charge in [0, 0.05) is 16.5 Å². The molecule has 1 aromatic rings. The topological polar surface area (TPSA) is 17.1 Å². The molecule has 0 N–H and O–H groups in total. The summed E-state index contributed by atoms with van der Waals surface area (Å²) in [5.74, 6) is -0.261. The normalized spacial score (nSPS) is 10.2. The Bertz CT molecular complexity index is 336. The van der Waals surface area contributed by atoms with Crippen LogP contribution in [0.3, 0.4) is 0 Å². The zero-order valence-corrected chi connectivity index (χ0v) is 9.60. The van der Waals surface area contributed by atoms with Crippen molar-refractivity contribution < 1.29 is 9.18 Å². The number of unbranched alkanes of at least 4 members (excludes halogenated alkanes) is 1. The van der Waals surface area contributed by atoms with E-state index in [0.717, 1.165) is 12.8 Å². The molecule has 0 saturated heterocycles. The average molecular weight is 259 g/mol. The molecule has 0 aliphatic heterocycles. The lowest BCUT2D eigenvalue weighted by molar-refractivity contribution is 0.0979. The van der Waals surface area contributed by atoms with Gasteiger partial charge in [0.05, 0.1) is 0 Å². The van der Waals surface area contributed by atoms with Gasteiger partial charge in [0.2, 0.25) is 0 Å². The number of rotatable bonds is 4. The van der Waals surface area contributed by atoms with E-state index in [1.807, 2.05) is 6.92 Å². The Morgan fingerprint density at radius 1 is 1.50 bits per heavy atom. The first kappa shape index (κ1) is 11.4. The van der Waals surface area contributed by atoms with Gasteiger partial charge in [-0.1, -0.05) is 13.3 Å². The number of hydrogen-bond donors (Lipinski definition) is 0. The van der Waals surface area contributed by atoms with Crippen molar-refractivity contribution in [3.63, 3.8) is 0 Å². The van der Waals surface area contributed by atoms with E-state index in [2.05, 4.69) is 15.9 Å². The molecule has 3 heteroatoms. The minimum atomic E-state index is -0.330. The first-order chi connectivity index (χ1) is 6.65. The van der Waals surface area contributed by atoms with E-state index in [-0.39, 0.29) is 11.6 Å². The summed E-state index contributed by atoms with van der Waals surface area (Å²) >= 11 is 3.18. The molecule has 0 unspecified atom stereocenters. The summed E-state index contributed by atoms with van der Waals surface area (Å²) in [7, 11) is 0. The molecule has 0 radical (unpaired) electrons. The molecule has 0 heterocycles. The van der Waals surface area contributed by atoms with Crippen molar-refractivity contribution >= 4 is 21.7 Å². The van der Waals surface area contributed by atoms with Gasteiger partial charge in [-0.05, 0) is 40.5 Å². The predicted molar refractivity (Wildman–Crippen MR) is 58.0 cm³/mol. The monoisotopic (exact) mass is 258 g/mol. The van der Waals surface area contributed by atoms with Gasteiger partial charge in [0.1, 0.15) is 5.82 Å². The zero-order valence-electron chi connectivity index (χ0n) is 8.02. The molecule has 0 aromatic heterocycles. The minimum absolute atomic E-state index is 0.0683. The molecule has 1 aromatic carbocycles. The van der Waals surface area contributed by atoms with Crippen molar-refractivity contribution in [2.24, 2.45) is 0 Å². The van der Waals surface area contributed by atoms with E-state index >= 15 is 0 Å². The number of carbonyl (C=O) groups excluding carboxylic acids is 1. The third-order valence-electron chi connectivity index (χ3n) is 1.99. The largest absolute Gasteiger partial charge is 0.294 e. The van der Waals surface area contributed by atoms with Crippen molar-refractivity contribution in [3.05, 3.63) is 34.1 Å². The van der Waals surface area contributed by atoms with Crippen molar-refractivity contribution in [1.29, 1.82) is 0 Å². The van der Waals surface area contributed by atoms with E-state index in [1.54, 1.807) is 0 Å². The molecule has 0 atom stereocenters. The Hall–Kier alpha value is -0.700. The van der Waals surface area contributed by atoms with Crippen LogP contribution in [0.15, 0.2) is 22.7 Å². The highest BCUT2D eigenvalue weighted by Gasteiger charge is 2.09. The SMILES string of the molecule is CCCCC(=O)c1ccc(F)cc1Br.